The van der Waals surface area contributed by atoms with E-state index in [0.717, 1.165) is 12.4 Å². The molecule has 1 heterocycles. The lowest BCUT2D eigenvalue weighted by molar-refractivity contribution is 0.203. The molecule has 14 heavy (non-hydrogen) atoms. The molecule has 0 aliphatic heterocycles. The molecule has 0 saturated heterocycles. The van der Waals surface area contributed by atoms with Crippen molar-refractivity contribution in [2.24, 2.45) is 0 Å². The molecule has 1 aromatic rings. The van der Waals surface area contributed by atoms with Crippen LogP contribution < -0.4 is 0 Å². The van der Waals surface area contributed by atoms with Crippen LogP contribution in [0.25, 0.3) is 0 Å². The van der Waals surface area contributed by atoms with Crippen molar-refractivity contribution in [2.75, 3.05) is 13.7 Å². The number of ether oxygens (including phenoxy) is 1. The fourth-order valence-corrected chi connectivity index (χ4v) is 2.15. The predicted octanol–water partition coefficient (Wildman–Crippen LogP) is 2.66. The number of hydrogen-bond acceptors (Lipinski definition) is 3. The molecule has 1 aromatic heterocycles. The number of nitrogens with zero attached hydrogens (tertiary/aromatic N) is 1. The molecule has 0 radical (unpaired) electrons. The first kappa shape index (κ1) is 11.5. The van der Waals surface area contributed by atoms with E-state index < -0.39 is 0 Å². The topological polar surface area (TPSA) is 22.1 Å². The van der Waals surface area contributed by atoms with E-state index in [1.807, 2.05) is 24.0 Å². The average molecular weight is 211 g/mol. The van der Waals surface area contributed by atoms with Crippen LogP contribution in [0.15, 0.2) is 18.3 Å². The second-order valence-electron chi connectivity index (χ2n) is 3.34. The highest BCUT2D eigenvalue weighted by Crippen LogP contribution is 2.18. The van der Waals surface area contributed by atoms with Crippen LogP contribution in [0.3, 0.4) is 0 Å². The van der Waals surface area contributed by atoms with Crippen molar-refractivity contribution in [3.8, 4) is 0 Å². The molecule has 0 fully saturated rings. The van der Waals surface area contributed by atoms with Crippen molar-refractivity contribution in [3.63, 3.8) is 0 Å². The molecule has 1 atom stereocenters. The number of thioether (sulfide) groups is 1. The molecule has 2 nitrogen and oxygen atoms in total. The zero-order chi connectivity index (χ0) is 10.4. The van der Waals surface area contributed by atoms with Gasteiger partial charge in [0.05, 0.1) is 12.3 Å². The van der Waals surface area contributed by atoms with E-state index in [-0.39, 0.29) is 0 Å². The average Bonchev–Trinajstić information content (AvgIpc) is 2.17. The third kappa shape index (κ3) is 3.68. The summed E-state index contributed by atoms with van der Waals surface area (Å²) in [6, 6.07) is 4.08. The molecule has 0 saturated carbocycles. The van der Waals surface area contributed by atoms with Crippen molar-refractivity contribution in [1.82, 2.24) is 4.98 Å². The van der Waals surface area contributed by atoms with Crippen LogP contribution >= 0.6 is 11.8 Å². The van der Waals surface area contributed by atoms with E-state index in [2.05, 4.69) is 24.9 Å². The quantitative estimate of drug-likeness (QED) is 0.747. The standard InChI is InChI=1S/C11H17NOS/c1-9-5-4-6-12-11(9)8-14-10(2)7-13-3/h4-6,10H,7-8H2,1-3H3/t10-/m0/s1. The highest BCUT2D eigenvalue weighted by atomic mass is 32.2. The maximum absolute atomic E-state index is 5.08. The molecule has 0 unspecified atom stereocenters. The summed E-state index contributed by atoms with van der Waals surface area (Å²) in [5, 5.41) is 0.529. The number of aryl methyl sites for hydroxylation is 1. The number of hydrogen-bond donors (Lipinski definition) is 0. The SMILES string of the molecule is COC[C@H](C)SCc1ncccc1C. The van der Waals surface area contributed by atoms with Gasteiger partial charge in [0, 0.05) is 24.3 Å². The van der Waals surface area contributed by atoms with Crippen molar-refractivity contribution in [1.29, 1.82) is 0 Å². The van der Waals surface area contributed by atoms with E-state index in [9.17, 15) is 0 Å². The van der Waals surface area contributed by atoms with Crippen molar-refractivity contribution >= 4 is 11.8 Å². The van der Waals surface area contributed by atoms with Gasteiger partial charge in [-0.25, -0.2) is 0 Å². The lowest BCUT2D eigenvalue weighted by Gasteiger charge is -2.10. The molecule has 0 spiro atoms. The van der Waals surface area contributed by atoms with Gasteiger partial charge in [0.2, 0.25) is 0 Å². The van der Waals surface area contributed by atoms with Crippen LogP contribution in [0.2, 0.25) is 0 Å². The van der Waals surface area contributed by atoms with E-state index in [0.29, 0.717) is 5.25 Å². The lowest BCUT2D eigenvalue weighted by atomic mass is 10.2. The van der Waals surface area contributed by atoms with Crippen molar-refractivity contribution in [3.05, 3.63) is 29.6 Å². The van der Waals surface area contributed by atoms with Gasteiger partial charge in [0.1, 0.15) is 0 Å². The molecular formula is C11H17NOS. The van der Waals surface area contributed by atoms with Gasteiger partial charge in [-0.2, -0.15) is 11.8 Å². The summed E-state index contributed by atoms with van der Waals surface area (Å²) in [7, 11) is 1.74. The summed E-state index contributed by atoms with van der Waals surface area (Å²) in [6.07, 6.45) is 1.85. The van der Waals surface area contributed by atoms with Gasteiger partial charge in [0.15, 0.2) is 0 Å². The zero-order valence-corrected chi connectivity index (χ0v) is 9.80. The monoisotopic (exact) mass is 211 g/mol. The van der Waals surface area contributed by atoms with Crippen LogP contribution in [0.1, 0.15) is 18.2 Å². The first-order valence-corrected chi connectivity index (χ1v) is 5.80. The number of methoxy groups -OCH3 is 1. The van der Waals surface area contributed by atoms with E-state index in [4.69, 9.17) is 4.74 Å². The Kier molecular flexibility index (Phi) is 4.98. The van der Waals surface area contributed by atoms with Gasteiger partial charge < -0.3 is 4.74 Å². The first-order valence-electron chi connectivity index (χ1n) is 4.75. The minimum Gasteiger partial charge on any atom is -0.384 e. The van der Waals surface area contributed by atoms with Gasteiger partial charge in [-0.3, -0.25) is 4.98 Å². The van der Waals surface area contributed by atoms with Gasteiger partial charge in [-0.15, -0.1) is 0 Å². The van der Waals surface area contributed by atoms with Crippen LogP contribution in [0.5, 0.6) is 0 Å². The highest BCUT2D eigenvalue weighted by molar-refractivity contribution is 7.99. The number of rotatable bonds is 5. The number of pyridine rings is 1. The van der Waals surface area contributed by atoms with Gasteiger partial charge in [-0.1, -0.05) is 13.0 Å². The van der Waals surface area contributed by atoms with E-state index in [1.54, 1.807) is 7.11 Å². The Morgan fingerprint density at radius 3 is 3.00 bits per heavy atom. The Morgan fingerprint density at radius 1 is 1.57 bits per heavy atom. The summed E-state index contributed by atoms with van der Waals surface area (Å²) < 4.78 is 5.08. The van der Waals surface area contributed by atoms with Crippen LogP contribution in [0.4, 0.5) is 0 Å². The third-order valence-electron chi connectivity index (χ3n) is 2.02. The fraction of sp³-hybridized carbons (Fsp3) is 0.545. The third-order valence-corrected chi connectivity index (χ3v) is 3.17. The summed E-state index contributed by atoms with van der Waals surface area (Å²) in [6.45, 7) is 5.08. The fourth-order valence-electron chi connectivity index (χ4n) is 1.17. The lowest BCUT2D eigenvalue weighted by Crippen LogP contribution is -2.06. The molecule has 0 bridgehead atoms. The van der Waals surface area contributed by atoms with Crippen molar-refractivity contribution < 1.29 is 4.74 Å². The maximum atomic E-state index is 5.08. The van der Waals surface area contributed by atoms with Gasteiger partial charge in [0.25, 0.3) is 0 Å². The summed E-state index contributed by atoms with van der Waals surface area (Å²) >= 11 is 1.88. The van der Waals surface area contributed by atoms with Crippen LogP contribution in [0, 0.1) is 6.92 Å². The normalized spacial score (nSPS) is 12.8. The zero-order valence-electron chi connectivity index (χ0n) is 8.99. The first-order chi connectivity index (χ1) is 6.74. The van der Waals surface area contributed by atoms with E-state index >= 15 is 0 Å². The van der Waals surface area contributed by atoms with Crippen LogP contribution in [-0.2, 0) is 10.5 Å². The molecule has 0 amide bonds. The maximum Gasteiger partial charge on any atom is 0.0578 e. The molecule has 0 aliphatic carbocycles. The minimum absolute atomic E-state index is 0.529. The molecule has 3 heteroatoms. The Bertz CT molecular complexity index is 278. The minimum atomic E-state index is 0.529. The van der Waals surface area contributed by atoms with Crippen LogP contribution in [-0.4, -0.2) is 24.0 Å². The summed E-state index contributed by atoms with van der Waals surface area (Å²) in [5.41, 5.74) is 2.45. The second kappa shape index (κ2) is 6.04. The molecule has 0 N–H and O–H groups in total. The van der Waals surface area contributed by atoms with Crippen molar-refractivity contribution in [2.45, 2.75) is 24.9 Å². The van der Waals surface area contributed by atoms with E-state index in [1.165, 1.54) is 11.3 Å². The molecule has 0 aromatic carbocycles. The largest absolute Gasteiger partial charge is 0.384 e. The molecule has 78 valence electrons. The smallest absolute Gasteiger partial charge is 0.0578 e. The molecule has 1 rings (SSSR count). The Morgan fingerprint density at radius 2 is 2.36 bits per heavy atom. The highest BCUT2D eigenvalue weighted by Gasteiger charge is 2.04. The second-order valence-corrected chi connectivity index (χ2v) is 4.77. The molecular weight excluding hydrogens is 194 g/mol. The summed E-state index contributed by atoms with van der Waals surface area (Å²) in [4.78, 5) is 4.35. The predicted molar refractivity (Wildman–Crippen MR) is 61.6 cm³/mol. The summed E-state index contributed by atoms with van der Waals surface area (Å²) in [5.74, 6) is 0.969. The number of aromatic nitrogens is 1. The Balaban J connectivity index is 2.41. The molecule has 0 aliphatic rings. The Labute approximate surface area is 90.1 Å². The Hall–Kier alpha value is -0.540. The van der Waals surface area contributed by atoms with Gasteiger partial charge >= 0.3 is 0 Å². The van der Waals surface area contributed by atoms with Gasteiger partial charge in [-0.05, 0) is 18.6 Å².